The maximum Gasteiger partial charge on any atom is 0.303 e. The van der Waals surface area contributed by atoms with Gasteiger partial charge in [-0.2, -0.15) is 0 Å². The first-order chi connectivity index (χ1) is 13.7. The van der Waals surface area contributed by atoms with E-state index >= 15 is 0 Å². The molecule has 0 radical (unpaired) electrons. The molecule has 0 aliphatic rings. The fraction of sp³-hybridized carbons (Fsp3) is 0.808. The largest absolute Gasteiger partial charge is 0.481 e. The molecule has 1 unspecified atom stereocenters. The quantitative estimate of drug-likeness (QED) is 0.147. The van der Waals surface area contributed by atoms with Crippen LogP contribution in [0.1, 0.15) is 129 Å². The lowest BCUT2D eigenvalue weighted by atomic mass is 9.92. The molecule has 1 atom stereocenters. The number of carboxylic acid groups (broad SMARTS) is 1. The zero-order valence-electron chi connectivity index (χ0n) is 18.8. The monoisotopic (exact) mass is 392 g/mol. The minimum absolute atomic E-state index is 0.328. The van der Waals surface area contributed by atoms with E-state index in [-0.39, 0.29) is 0 Å². The van der Waals surface area contributed by atoms with E-state index in [1.165, 1.54) is 103 Å². The molecule has 0 aromatic carbocycles. The van der Waals surface area contributed by atoms with Crippen molar-refractivity contribution in [3.05, 3.63) is 24.8 Å². The molecule has 0 spiro atoms. The van der Waals surface area contributed by atoms with Gasteiger partial charge in [0, 0.05) is 6.42 Å². The molecule has 28 heavy (non-hydrogen) atoms. The van der Waals surface area contributed by atoms with Crippen molar-refractivity contribution in [2.75, 3.05) is 0 Å². The second kappa shape index (κ2) is 22.2. The fourth-order valence-corrected chi connectivity index (χ4v) is 3.83. The third-order valence-electron chi connectivity index (χ3n) is 5.63. The van der Waals surface area contributed by atoms with Crippen molar-refractivity contribution in [1.29, 1.82) is 0 Å². The van der Waals surface area contributed by atoms with E-state index in [1.807, 2.05) is 0 Å². The fourth-order valence-electron chi connectivity index (χ4n) is 3.83. The van der Waals surface area contributed by atoms with Gasteiger partial charge < -0.3 is 5.11 Å². The average Bonchev–Trinajstić information content (AvgIpc) is 2.67. The number of rotatable bonds is 22. The Hall–Kier alpha value is -1.05. The van der Waals surface area contributed by atoms with Gasteiger partial charge in [0.1, 0.15) is 0 Å². The second-order valence-corrected chi connectivity index (χ2v) is 8.40. The van der Waals surface area contributed by atoms with Crippen LogP contribution in [-0.2, 0) is 4.79 Å². The SMILES string of the molecule is C=CCC(CCCCC)CCCCCCCC=CCCCCCCCC(=O)O. The average molecular weight is 393 g/mol. The Kier molecular flexibility index (Phi) is 21.4. The van der Waals surface area contributed by atoms with Crippen molar-refractivity contribution in [3.8, 4) is 0 Å². The number of unbranched alkanes of at least 4 members (excludes halogenated alkanes) is 12. The van der Waals surface area contributed by atoms with Crippen LogP contribution in [0.3, 0.4) is 0 Å². The van der Waals surface area contributed by atoms with Gasteiger partial charge in [0.05, 0.1) is 0 Å². The van der Waals surface area contributed by atoms with Gasteiger partial charge in [-0.25, -0.2) is 0 Å². The molecule has 0 aliphatic heterocycles. The molecule has 164 valence electrons. The molecule has 2 heteroatoms. The number of carboxylic acids is 1. The molecule has 0 aromatic rings. The Morgan fingerprint density at radius 1 is 0.786 bits per heavy atom. The van der Waals surface area contributed by atoms with Crippen LogP contribution in [0, 0.1) is 5.92 Å². The summed E-state index contributed by atoms with van der Waals surface area (Å²) in [5, 5.41) is 8.58. The summed E-state index contributed by atoms with van der Waals surface area (Å²) >= 11 is 0. The van der Waals surface area contributed by atoms with Crippen LogP contribution in [0.15, 0.2) is 24.8 Å². The van der Waals surface area contributed by atoms with E-state index in [2.05, 4.69) is 31.7 Å². The minimum Gasteiger partial charge on any atom is -0.481 e. The number of aliphatic carboxylic acids is 1. The molecular weight excluding hydrogens is 344 g/mol. The Balaban J connectivity index is 3.35. The standard InChI is InChI=1S/C26H48O2/c1-3-5-18-22-25(21-4-2)23-19-16-14-12-10-8-6-7-9-11-13-15-17-20-24-26(27)28/h4,6-7,25H,2-3,5,8-24H2,1H3,(H,27,28). The summed E-state index contributed by atoms with van der Waals surface area (Å²) in [4.78, 5) is 10.4. The van der Waals surface area contributed by atoms with Crippen LogP contribution in [0.4, 0.5) is 0 Å². The lowest BCUT2D eigenvalue weighted by Crippen LogP contribution is -1.99. The van der Waals surface area contributed by atoms with Crippen LogP contribution in [0.25, 0.3) is 0 Å². The molecule has 0 fully saturated rings. The summed E-state index contributed by atoms with van der Waals surface area (Å²) in [5.74, 6) is 0.214. The summed E-state index contributed by atoms with van der Waals surface area (Å²) in [7, 11) is 0. The minimum atomic E-state index is -0.665. The van der Waals surface area contributed by atoms with Crippen molar-refractivity contribution in [2.24, 2.45) is 5.92 Å². The predicted molar refractivity (Wildman–Crippen MR) is 124 cm³/mol. The molecule has 0 saturated heterocycles. The zero-order valence-corrected chi connectivity index (χ0v) is 18.8. The van der Waals surface area contributed by atoms with Gasteiger partial charge in [0.15, 0.2) is 0 Å². The van der Waals surface area contributed by atoms with E-state index in [1.54, 1.807) is 0 Å². The smallest absolute Gasteiger partial charge is 0.303 e. The van der Waals surface area contributed by atoms with Gasteiger partial charge in [0.2, 0.25) is 0 Å². The highest BCUT2D eigenvalue weighted by atomic mass is 16.4. The highest BCUT2D eigenvalue weighted by molar-refractivity contribution is 5.66. The van der Waals surface area contributed by atoms with Crippen molar-refractivity contribution in [2.45, 2.75) is 129 Å². The molecule has 0 bridgehead atoms. The number of allylic oxidation sites excluding steroid dienone is 3. The first-order valence-electron chi connectivity index (χ1n) is 12.2. The van der Waals surface area contributed by atoms with E-state index in [0.29, 0.717) is 6.42 Å². The van der Waals surface area contributed by atoms with Gasteiger partial charge in [-0.15, -0.1) is 6.58 Å². The number of hydrogen-bond donors (Lipinski definition) is 1. The van der Waals surface area contributed by atoms with E-state index in [4.69, 9.17) is 5.11 Å². The maximum absolute atomic E-state index is 10.4. The summed E-state index contributed by atoms with van der Waals surface area (Å²) in [5.41, 5.74) is 0. The van der Waals surface area contributed by atoms with E-state index in [0.717, 1.165) is 18.8 Å². The second-order valence-electron chi connectivity index (χ2n) is 8.40. The van der Waals surface area contributed by atoms with Crippen molar-refractivity contribution in [3.63, 3.8) is 0 Å². The molecule has 2 nitrogen and oxygen atoms in total. The Labute approximate surface area is 175 Å². The van der Waals surface area contributed by atoms with Gasteiger partial charge >= 0.3 is 5.97 Å². The van der Waals surface area contributed by atoms with Crippen LogP contribution < -0.4 is 0 Å². The maximum atomic E-state index is 10.4. The van der Waals surface area contributed by atoms with Gasteiger partial charge in [-0.3, -0.25) is 4.79 Å². The lowest BCUT2D eigenvalue weighted by Gasteiger charge is -2.14. The molecule has 0 rings (SSSR count). The van der Waals surface area contributed by atoms with E-state index in [9.17, 15) is 4.79 Å². The van der Waals surface area contributed by atoms with Crippen LogP contribution >= 0.6 is 0 Å². The Morgan fingerprint density at radius 2 is 1.29 bits per heavy atom. The normalized spacial score (nSPS) is 12.5. The molecular formula is C26H48O2. The topological polar surface area (TPSA) is 37.3 Å². The van der Waals surface area contributed by atoms with Gasteiger partial charge in [-0.1, -0.05) is 102 Å². The first kappa shape index (κ1) is 27.0. The van der Waals surface area contributed by atoms with Crippen molar-refractivity contribution in [1.82, 2.24) is 0 Å². The van der Waals surface area contributed by atoms with Crippen LogP contribution in [0.5, 0.6) is 0 Å². The molecule has 0 saturated carbocycles. The number of carbonyl (C=O) groups is 1. The van der Waals surface area contributed by atoms with Crippen molar-refractivity contribution < 1.29 is 9.90 Å². The third kappa shape index (κ3) is 21.3. The number of hydrogen-bond acceptors (Lipinski definition) is 1. The summed E-state index contributed by atoms with van der Waals surface area (Å²) < 4.78 is 0. The zero-order chi connectivity index (χ0) is 20.7. The van der Waals surface area contributed by atoms with Crippen LogP contribution in [-0.4, -0.2) is 11.1 Å². The Bertz CT molecular complexity index is 373. The molecule has 0 aromatic heterocycles. The first-order valence-corrected chi connectivity index (χ1v) is 12.2. The highest BCUT2D eigenvalue weighted by Crippen LogP contribution is 2.21. The Morgan fingerprint density at radius 3 is 1.82 bits per heavy atom. The van der Waals surface area contributed by atoms with Gasteiger partial charge in [0.25, 0.3) is 0 Å². The van der Waals surface area contributed by atoms with Crippen molar-refractivity contribution >= 4 is 5.97 Å². The molecule has 0 amide bonds. The summed E-state index contributed by atoms with van der Waals surface area (Å²) in [6.45, 7) is 6.21. The third-order valence-corrected chi connectivity index (χ3v) is 5.63. The summed E-state index contributed by atoms with van der Waals surface area (Å²) in [6.07, 6.45) is 30.1. The van der Waals surface area contributed by atoms with E-state index < -0.39 is 5.97 Å². The lowest BCUT2D eigenvalue weighted by molar-refractivity contribution is -0.137. The molecule has 0 aliphatic carbocycles. The predicted octanol–water partition coefficient (Wildman–Crippen LogP) is 8.86. The molecule has 0 heterocycles. The molecule has 1 N–H and O–H groups in total. The van der Waals surface area contributed by atoms with Gasteiger partial charge in [-0.05, 0) is 44.4 Å². The summed E-state index contributed by atoms with van der Waals surface area (Å²) in [6, 6.07) is 0. The van der Waals surface area contributed by atoms with Crippen LogP contribution in [0.2, 0.25) is 0 Å². The highest BCUT2D eigenvalue weighted by Gasteiger charge is 2.06.